The second-order valence-electron chi connectivity index (χ2n) is 2.17. The molecule has 0 radical (unpaired) electrons. The molecule has 3 heteroatoms. The molecule has 0 heterocycles. The highest BCUT2D eigenvalue weighted by Gasteiger charge is 2.14. The van der Waals surface area contributed by atoms with Crippen LogP contribution in [0.4, 0.5) is 4.32 Å². The second kappa shape index (κ2) is 3.11. The van der Waals surface area contributed by atoms with Crippen LogP contribution in [-0.2, 0) is 0 Å². The minimum Gasteiger partial charge on any atom is -0.347 e. The van der Waals surface area contributed by atoms with Crippen LogP contribution in [0.25, 0.3) is 0 Å². The third-order valence-corrected chi connectivity index (χ3v) is 1.11. The molecule has 0 aliphatic rings. The minimum atomic E-state index is -0.597. The molecule has 0 aromatic carbocycles. The van der Waals surface area contributed by atoms with Gasteiger partial charge in [-0.3, -0.25) is 0 Å². The van der Waals surface area contributed by atoms with Gasteiger partial charge in [-0.05, 0) is 5.82 Å². The average Bonchev–Trinajstić information content (AvgIpc) is 1.65. The Bertz CT molecular complexity index is 47.0. The first-order valence-corrected chi connectivity index (χ1v) is 2.82. The van der Waals surface area contributed by atoms with E-state index < -0.39 is 6.88 Å². The SMILES string of the molecule is CBB(F)C(C)C. The Morgan fingerprint density at radius 3 is 2.00 bits per heavy atom. The molecule has 0 atom stereocenters. The summed E-state index contributed by atoms with van der Waals surface area (Å²) in [5, 5.41) is 0. The fourth-order valence-corrected chi connectivity index (χ4v) is 0.471. The van der Waals surface area contributed by atoms with Crippen LogP contribution >= 0.6 is 0 Å². The van der Waals surface area contributed by atoms with E-state index in [0.29, 0.717) is 7.17 Å². The van der Waals surface area contributed by atoms with Crippen LogP contribution in [0.3, 0.4) is 0 Å². The number of halogens is 1. The van der Waals surface area contributed by atoms with Crippen molar-refractivity contribution in [1.82, 2.24) is 0 Å². The molecular weight excluding hydrogens is 88.7 g/mol. The Labute approximate surface area is 45.8 Å². The molecule has 0 aromatic heterocycles. The van der Waals surface area contributed by atoms with Gasteiger partial charge in [0, 0.05) is 0 Å². The lowest BCUT2D eigenvalue weighted by atomic mass is 9.31. The van der Waals surface area contributed by atoms with Crippen LogP contribution in [0.5, 0.6) is 0 Å². The average molecular weight is 99.8 g/mol. The van der Waals surface area contributed by atoms with Gasteiger partial charge in [0.1, 0.15) is 7.17 Å². The highest BCUT2D eigenvalue weighted by atomic mass is 19.1. The van der Waals surface area contributed by atoms with E-state index in [1.165, 1.54) is 0 Å². The lowest BCUT2D eigenvalue weighted by Gasteiger charge is -2.00. The topological polar surface area (TPSA) is 0 Å². The van der Waals surface area contributed by atoms with Crippen molar-refractivity contribution >= 4 is 14.1 Å². The van der Waals surface area contributed by atoms with E-state index in [2.05, 4.69) is 0 Å². The van der Waals surface area contributed by atoms with E-state index >= 15 is 0 Å². The van der Waals surface area contributed by atoms with Gasteiger partial charge in [0.05, 0.1) is 0 Å². The molecule has 7 heavy (non-hydrogen) atoms. The molecular formula is C4H11B2F. The fourth-order valence-electron chi connectivity index (χ4n) is 0.471. The van der Waals surface area contributed by atoms with Crippen LogP contribution in [0.1, 0.15) is 13.8 Å². The number of rotatable bonds is 2. The first-order valence-electron chi connectivity index (χ1n) is 2.82. The van der Waals surface area contributed by atoms with Crippen LogP contribution in [-0.4, -0.2) is 14.1 Å². The largest absolute Gasteiger partial charge is 0.347 e. The standard InChI is InChI=1S/C4H11B2F/c1-4(2)6(7)5-3/h4-5H,1-3H3. The van der Waals surface area contributed by atoms with Crippen LogP contribution in [0.2, 0.25) is 12.6 Å². The van der Waals surface area contributed by atoms with Crippen molar-refractivity contribution in [2.45, 2.75) is 26.5 Å². The third kappa shape index (κ3) is 2.72. The summed E-state index contributed by atoms with van der Waals surface area (Å²) in [6, 6.07) is 0. The van der Waals surface area contributed by atoms with Gasteiger partial charge in [-0.2, -0.15) is 0 Å². The molecule has 0 nitrogen and oxygen atoms in total. The van der Waals surface area contributed by atoms with Crippen LogP contribution in [0.15, 0.2) is 0 Å². The summed E-state index contributed by atoms with van der Waals surface area (Å²) in [7, 11) is 0.650. The summed E-state index contributed by atoms with van der Waals surface area (Å²) in [6.07, 6.45) is 0. The van der Waals surface area contributed by atoms with E-state index in [1.807, 2.05) is 20.7 Å². The highest BCUT2D eigenvalue weighted by molar-refractivity contribution is 7.08. The molecule has 0 amide bonds. The molecule has 0 unspecified atom stereocenters. The summed E-state index contributed by atoms with van der Waals surface area (Å²) in [4.78, 5) is 0. The molecule has 0 rings (SSSR count). The van der Waals surface area contributed by atoms with Crippen molar-refractivity contribution in [3.63, 3.8) is 0 Å². The zero-order valence-electron chi connectivity index (χ0n) is 5.24. The second-order valence-corrected chi connectivity index (χ2v) is 2.17. The van der Waals surface area contributed by atoms with Crippen molar-refractivity contribution in [3.05, 3.63) is 0 Å². The zero-order valence-corrected chi connectivity index (χ0v) is 5.24. The van der Waals surface area contributed by atoms with Gasteiger partial charge >= 0.3 is 6.88 Å². The Morgan fingerprint density at radius 1 is 1.57 bits per heavy atom. The Morgan fingerprint density at radius 2 is 2.00 bits per heavy atom. The summed E-state index contributed by atoms with van der Waals surface area (Å²) in [5.74, 6) is 0.199. The predicted octanol–water partition coefficient (Wildman–Crippen LogP) is 1.34. The minimum absolute atomic E-state index is 0.199. The van der Waals surface area contributed by atoms with E-state index in [-0.39, 0.29) is 5.82 Å². The van der Waals surface area contributed by atoms with Crippen molar-refractivity contribution in [2.24, 2.45) is 0 Å². The lowest BCUT2D eigenvalue weighted by Crippen LogP contribution is -2.16. The van der Waals surface area contributed by atoms with Crippen molar-refractivity contribution in [3.8, 4) is 0 Å². The Kier molecular flexibility index (Phi) is 3.14. The first kappa shape index (κ1) is 7.06. The Balaban J connectivity index is 3.14. The molecule has 40 valence electrons. The smallest absolute Gasteiger partial charge is 0.308 e. The van der Waals surface area contributed by atoms with Gasteiger partial charge in [-0.1, -0.05) is 20.7 Å². The first-order chi connectivity index (χ1) is 3.18. The van der Waals surface area contributed by atoms with Gasteiger partial charge in [0.15, 0.2) is 0 Å². The maximum absolute atomic E-state index is 12.3. The molecule has 0 saturated heterocycles. The van der Waals surface area contributed by atoms with Crippen molar-refractivity contribution in [2.75, 3.05) is 0 Å². The van der Waals surface area contributed by atoms with Gasteiger partial charge in [-0.15, -0.1) is 0 Å². The third-order valence-electron chi connectivity index (χ3n) is 1.11. The normalized spacial score (nSPS) is 9.29. The summed E-state index contributed by atoms with van der Waals surface area (Å²) in [5.41, 5.74) is 0. The van der Waals surface area contributed by atoms with E-state index in [4.69, 9.17) is 0 Å². The maximum Gasteiger partial charge on any atom is 0.308 e. The van der Waals surface area contributed by atoms with Gasteiger partial charge in [-0.25, -0.2) is 0 Å². The van der Waals surface area contributed by atoms with E-state index in [0.717, 1.165) is 0 Å². The monoisotopic (exact) mass is 100 g/mol. The van der Waals surface area contributed by atoms with Gasteiger partial charge in [0.2, 0.25) is 0 Å². The van der Waals surface area contributed by atoms with E-state index in [9.17, 15) is 4.32 Å². The van der Waals surface area contributed by atoms with Crippen LogP contribution < -0.4 is 0 Å². The molecule has 0 N–H and O–H groups in total. The number of hydrogen-bond acceptors (Lipinski definition) is 0. The summed E-state index contributed by atoms with van der Waals surface area (Å²) in [6.45, 7) is 5.06. The Hall–Kier alpha value is 0.0599. The van der Waals surface area contributed by atoms with E-state index in [1.54, 1.807) is 0 Å². The molecule has 0 fully saturated rings. The molecule has 0 saturated carbocycles. The highest BCUT2D eigenvalue weighted by Crippen LogP contribution is 2.05. The van der Waals surface area contributed by atoms with Gasteiger partial charge < -0.3 is 4.32 Å². The molecule has 0 bridgehead atoms. The van der Waals surface area contributed by atoms with Crippen molar-refractivity contribution < 1.29 is 4.32 Å². The van der Waals surface area contributed by atoms with Crippen LogP contribution in [0, 0.1) is 0 Å². The number of hydrogen-bond donors (Lipinski definition) is 0. The predicted molar refractivity (Wildman–Crippen MR) is 35.0 cm³/mol. The van der Waals surface area contributed by atoms with Crippen molar-refractivity contribution in [1.29, 1.82) is 0 Å². The molecule has 0 spiro atoms. The summed E-state index contributed by atoms with van der Waals surface area (Å²) < 4.78 is 12.3. The quantitative estimate of drug-likeness (QED) is 0.459. The lowest BCUT2D eigenvalue weighted by molar-refractivity contribution is 0.806. The molecule has 0 aromatic rings. The summed E-state index contributed by atoms with van der Waals surface area (Å²) >= 11 is 0. The van der Waals surface area contributed by atoms with Gasteiger partial charge in [0.25, 0.3) is 0 Å². The molecule has 0 aliphatic carbocycles. The molecule has 0 aliphatic heterocycles. The maximum atomic E-state index is 12.3. The zero-order chi connectivity index (χ0) is 5.86. The fraction of sp³-hybridized carbons (Fsp3) is 1.00.